The Morgan fingerprint density at radius 2 is 1.59 bits per heavy atom. The number of rotatable bonds is 4. The fraction of sp³-hybridized carbons (Fsp3) is 0. The summed E-state index contributed by atoms with van der Waals surface area (Å²) in [6.07, 6.45) is 0. The zero-order valence-electron chi connectivity index (χ0n) is 13.7. The molecule has 0 spiro atoms. The van der Waals surface area contributed by atoms with Gasteiger partial charge >= 0.3 is 0 Å². The number of benzene rings is 3. The van der Waals surface area contributed by atoms with Crippen molar-refractivity contribution in [2.75, 3.05) is 5.32 Å². The van der Waals surface area contributed by atoms with E-state index in [-0.39, 0.29) is 10.7 Å². The standard InChI is InChI=1S/C19H13ClFIN2O2S/c20-14-7-11-16(12-8-14)27(25,26)24-19(13-5-9-15(21)10-6-13)23-18-4-2-1-3-17(18)22/h1-12H,(H,23,24). The van der Waals surface area contributed by atoms with Gasteiger partial charge in [0.05, 0.1) is 10.6 Å². The summed E-state index contributed by atoms with van der Waals surface area (Å²) in [6.45, 7) is 0. The molecule has 0 bridgehead atoms. The maximum atomic E-state index is 13.3. The van der Waals surface area contributed by atoms with E-state index in [4.69, 9.17) is 11.6 Å². The molecule has 1 N–H and O–H groups in total. The van der Waals surface area contributed by atoms with Gasteiger partial charge in [-0.3, -0.25) is 0 Å². The molecule has 3 rings (SSSR count). The van der Waals surface area contributed by atoms with Gasteiger partial charge in [-0.15, -0.1) is 4.40 Å². The van der Waals surface area contributed by atoms with Crippen molar-refractivity contribution in [2.24, 2.45) is 4.40 Å². The second-order valence-corrected chi connectivity index (χ2v) is 8.68. The van der Waals surface area contributed by atoms with Crippen molar-refractivity contribution in [3.63, 3.8) is 0 Å². The monoisotopic (exact) mass is 514 g/mol. The fourth-order valence-electron chi connectivity index (χ4n) is 2.23. The number of hydrogen-bond acceptors (Lipinski definition) is 2. The molecule has 3 aromatic carbocycles. The second-order valence-electron chi connectivity index (χ2n) is 5.48. The molecule has 138 valence electrons. The normalized spacial score (nSPS) is 12.0. The summed E-state index contributed by atoms with van der Waals surface area (Å²) in [5, 5.41) is 3.46. The lowest BCUT2D eigenvalue weighted by Gasteiger charge is -2.12. The van der Waals surface area contributed by atoms with Crippen molar-refractivity contribution < 1.29 is 12.8 Å². The largest absolute Gasteiger partial charge is 0.338 e. The summed E-state index contributed by atoms with van der Waals surface area (Å²) < 4.78 is 43.6. The van der Waals surface area contributed by atoms with Crippen LogP contribution in [0.2, 0.25) is 5.02 Å². The zero-order chi connectivity index (χ0) is 19.4. The summed E-state index contributed by atoms with van der Waals surface area (Å²) >= 11 is 7.95. The van der Waals surface area contributed by atoms with Crippen LogP contribution in [0, 0.1) is 9.39 Å². The van der Waals surface area contributed by atoms with Crippen LogP contribution >= 0.6 is 34.2 Å². The average Bonchev–Trinajstić information content (AvgIpc) is 2.64. The van der Waals surface area contributed by atoms with Crippen LogP contribution in [0.15, 0.2) is 82.1 Å². The van der Waals surface area contributed by atoms with Gasteiger partial charge in [0.25, 0.3) is 10.0 Å². The lowest BCUT2D eigenvalue weighted by atomic mass is 10.2. The van der Waals surface area contributed by atoms with Crippen LogP contribution in [0.3, 0.4) is 0 Å². The summed E-state index contributed by atoms with van der Waals surface area (Å²) in [4.78, 5) is 0.0103. The van der Waals surface area contributed by atoms with Crippen molar-refractivity contribution in [1.82, 2.24) is 0 Å². The minimum Gasteiger partial charge on any atom is -0.338 e. The van der Waals surface area contributed by atoms with Crippen molar-refractivity contribution >= 4 is 55.7 Å². The molecule has 0 amide bonds. The average molecular weight is 515 g/mol. The third kappa shape index (κ3) is 5.06. The minimum atomic E-state index is -4.00. The molecule has 0 radical (unpaired) electrons. The van der Waals surface area contributed by atoms with Crippen molar-refractivity contribution in [3.8, 4) is 0 Å². The van der Waals surface area contributed by atoms with Gasteiger partial charge < -0.3 is 5.32 Å². The SMILES string of the molecule is O=S(=O)(/N=C(\Nc1ccccc1I)c1ccc(F)cc1)c1ccc(Cl)cc1. The molecule has 0 aliphatic heterocycles. The number of hydrogen-bond donors (Lipinski definition) is 1. The number of para-hydroxylation sites is 1. The van der Waals surface area contributed by atoms with Crippen molar-refractivity contribution in [1.29, 1.82) is 0 Å². The summed E-state index contributed by atoms with van der Waals surface area (Å²) in [5.41, 5.74) is 1.13. The molecule has 0 fully saturated rings. The minimum absolute atomic E-state index is 0.0103. The number of nitrogens with zero attached hydrogens (tertiary/aromatic N) is 1. The molecular formula is C19H13ClFIN2O2S. The Morgan fingerprint density at radius 1 is 0.963 bits per heavy atom. The van der Waals surface area contributed by atoms with Gasteiger partial charge in [-0.05, 0) is 83.3 Å². The molecule has 0 unspecified atom stereocenters. The molecule has 4 nitrogen and oxygen atoms in total. The Balaban J connectivity index is 2.08. The molecule has 8 heteroatoms. The molecule has 0 saturated heterocycles. The second kappa shape index (κ2) is 8.37. The maximum Gasteiger partial charge on any atom is 0.284 e. The van der Waals surface area contributed by atoms with Crippen molar-refractivity contribution in [3.05, 3.63) is 92.8 Å². The Hall–Kier alpha value is -1.97. The van der Waals surface area contributed by atoms with Crippen LogP contribution in [-0.2, 0) is 10.0 Å². The number of halogens is 3. The first-order chi connectivity index (χ1) is 12.8. The first-order valence-corrected chi connectivity index (χ1v) is 10.6. The first-order valence-electron chi connectivity index (χ1n) is 7.73. The zero-order valence-corrected chi connectivity index (χ0v) is 17.5. The maximum absolute atomic E-state index is 13.3. The summed E-state index contributed by atoms with van der Waals surface area (Å²) in [7, 11) is -4.00. The van der Waals surface area contributed by atoms with E-state index >= 15 is 0 Å². The van der Waals surface area contributed by atoms with Gasteiger partial charge in [-0.25, -0.2) is 4.39 Å². The molecule has 0 aliphatic carbocycles. The highest BCUT2D eigenvalue weighted by atomic mass is 127. The number of nitrogens with one attached hydrogen (secondary N) is 1. The quantitative estimate of drug-likeness (QED) is 0.291. The molecule has 0 atom stereocenters. The van der Waals surface area contributed by atoms with Crippen LogP contribution in [0.4, 0.5) is 10.1 Å². The van der Waals surface area contributed by atoms with E-state index in [1.54, 1.807) is 6.07 Å². The highest BCUT2D eigenvalue weighted by Gasteiger charge is 2.16. The molecule has 3 aromatic rings. The highest BCUT2D eigenvalue weighted by molar-refractivity contribution is 14.1. The van der Waals surface area contributed by atoms with Crippen LogP contribution in [-0.4, -0.2) is 14.3 Å². The smallest absolute Gasteiger partial charge is 0.284 e. The lowest BCUT2D eigenvalue weighted by Crippen LogP contribution is -2.17. The fourth-order valence-corrected chi connectivity index (χ4v) is 3.85. The Bertz CT molecular complexity index is 1090. The predicted octanol–water partition coefficient (Wildman–Crippen LogP) is 5.33. The number of sulfonamides is 1. The van der Waals surface area contributed by atoms with Gasteiger partial charge in [0, 0.05) is 14.2 Å². The highest BCUT2D eigenvalue weighted by Crippen LogP contribution is 2.21. The van der Waals surface area contributed by atoms with Gasteiger partial charge in [0.15, 0.2) is 5.84 Å². The van der Waals surface area contributed by atoms with Crippen LogP contribution < -0.4 is 5.32 Å². The van der Waals surface area contributed by atoms with E-state index < -0.39 is 15.8 Å². The molecule has 0 aliphatic rings. The predicted molar refractivity (Wildman–Crippen MR) is 114 cm³/mol. The van der Waals surface area contributed by atoms with E-state index in [1.165, 1.54) is 48.5 Å². The lowest BCUT2D eigenvalue weighted by molar-refractivity contribution is 0.598. The summed E-state index contributed by atoms with van der Waals surface area (Å²) in [6, 6.07) is 18.5. The summed E-state index contributed by atoms with van der Waals surface area (Å²) in [5.74, 6) is -0.331. The van der Waals surface area contributed by atoms with E-state index in [9.17, 15) is 12.8 Å². The number of amidine groups is 1. The van der Waals surface area contributed by atoms with E-state index in [2.05, 4.69) is 32.3 Å². The van der Waals surface area contributed by atoms with E-state index in [0.717, 1.165) is 3.57 Å². The Morgan fingerprint density at radius 3 is 2.22 bits per heavy atom. The molecule has 0 aromatic heterocycles. The topological polar surface area (TPSA) is 58.5 Å². The molecule has 0 heterocycles. The van der Waals surface area contributed by atoms with Gasteiger partial charge in [-0.1, -0.05) is 23.7 Å². The van der Waals surface area contributed by atoms with Crippen LogP contribution in [0.25, 0.3) is 0 Å². The molecular weight excluding hydrogens is 502 g/mol. The van der Waals surface area contributed by atoms with Crippen molar-refractivity contribution in [2.45, 2.75) is 4.90 Å². The van der Waals surface area contributed by atoms with Gasteiger partial charge in [0.2, 0.25) is 0 Å². The van der Waals surface area contributed by atoms with Gasteiger partial charge in [-0.2, -0.15) is 8.42 Å². The van der Waals surface area contributed by atoms with E-state index in [0.29, 0.717) is 16.3 Å². The van der Waals surface area contributed by atoms with Gasteiger partial charge in [0.1, 0.15) is 5.82 Å². The Labute approximate surface area is 175 Å². The third-order valence-corrected chi connectivity index (χ3v) is 6.05. The molecule has 27 heavy (non-hydrogen) atoms. The number of anilines is 1. The molecule has 0 saturated carbocycles. The van der Waals surface area contributed by atoms with Crippen LogP contribution in [0.5, 0.6) is 0 Å². The Kier molecular flexibility index (Phi) is 6.13. The van der Waals surface area contributed by atoms with E-state index in [1.807, 2.05) is 18.2 Å². The third-order valence-electron chi connectivity index (χ3n) is 3.57. The first kappa shape index (κ1) is 19.8. The van der Waals surface area contributed by atoms with Crippen LogP contribution in [0.1, 0.15) is 5.56 Å².